The monoisotopic (exact) mass is 230 g/mol. The smallest absolute Gasteiger partial charge is 0.324 e. The number of hydrogen-bond donors (Lipinski definition) is 1. The van der Waals surface area contributed by atoms with Gasteiger partial charge in [-0.15, -0.1) is 0 Å². The van der Waals surface area contributed by atoms with E-state index in [0.29, 0.717) is 12.1 Å². The molecule has 5 heteroatoms. The predicted molar refractivity (Wildman–Crippen MR) is 65.1 cm³/mol. The third-order valence-electron chi connectivity index (χ3n) is 3.16. The van der Waals surface area contributed by atoms with Crippen molar-refractivity contribution in [3.63, 3.8) is 0 Å². The Morgan fingerprint density at radius 2 is 2.18 bits per heavy atom. The van der Waals surface area contributed by atoms with E-state index in [4.69, 9.17) is 10.2 Å². The Hall–Kier alpha value is -2.04. The summed E-state index contributed by atoms with van der Waals surface area (Å²) in [5, 5.41) is 7.69. The van der Waals surface area contributed by atoms with Crippen molar-refractivity contribution in [1.82, 2.24) is 10.2 Å². The second kappa shape index (κ2) is 3.76. The average molecular weight is 230 g/mol. The lowest BCUT2D eigenvalue weighted by Crippen LogP contribution is -2.33. The zero-order valence-electron chi connectivity index (χ0n) is 9.63. The van der Waals surface area contributed by atoms with E-state index in [1.165, 1.54) is 5.56 Å². The molecular formula is C12H14N4O. The number of para-hydroxylation sites is 1. The minimum absolute atomic E-state index is 0.107. The fourth-order valence-corrected chi connectivity index (χ4v) is 2.30. The van der Waals surface area contributed by atoms with Gasteiger partial charge in [0.25, 0.3) is 0 Å². The highest BCUT2D eigenvalue weighted by Gasteiger charge is 2.27. The van der Waals surface area contributed by atoms with Gasteiger partial charge < -0.3 is 10.2 Å². The van der Waals surface area contributed by atoms with Gasteiger partial charge in [-0.1, -0.05) is 28.4 Å². The second-order valence-electron chi connectivity index (χ2n) is 4.31. The maximum atomic E-state index is 5.48. The third kappa shape index (κ3) is 1.63. The van der Waals surface area contributed by atoms with Gasteiger partial charge in [-0.3, -0.25) is 4.90 Å². The first kappa shape index (κ1) is 10.1. The van der Waals surface area contributed by atoms with Crippen molar-refractivity contribution < 1.29 is 4.42 Å². The molecule has 1 aromatic carbocycles. The van der Waals surface area contributed by atoms with E-state index in [-0.39, 0.29) is 6.01 Å². The molecule has 0 saturated carbocycles. The molecule has 1 aliphatic rings. The Bertz CT molecular complexity index is 537. The van der Waals surface area contributed by atoms with Gasteiger partial charge in [-0.05, 0) is 31.4 Å². The number of benzene rings is 1. The Morgan fingerprint density at radius 1 is 1.35 bits per heavy atom. The first-order chi connectivity index (χ1) is 8.25. The number of anilines is 3. The average Bonchev–Trinajstić information content (AvgIpc) is 2.75. The van der Waals surface area contributed by atoms with Crippen LogP contribution in [0.25, 0.3) is 0 Å². The SMILES string of the molecule is CC1CCc2ccccc2N1c1nnc(N)o1. The van der Waals surface area contributed by atoms with Gasteiger partial charge in [0.05, 0.1) is 0 Å². The normalized spacial score (nSPS) is 19.1. The molecule has 2 N–H and O–H groups in total. The molecule has 0 spiro atoms. The number of rotatable bonds is 1. The highest BCUT2D eigenvalue weighted by atomic mass is 16.4. The first-order valence-electron chi connectivity index (χ1n) is 5.72. The number of nitrogens with two attached hydrogens (primary N) is 1. The number of nitrogen functional groups attached to an aromatic ring is 1. The summed E-state index contributed by atoms with van der Waals surface area (Å²) in [6.45, 7) is 2.15. The summed E-state index contributed by atoms with van der Waals surface area (Å²) >= 11 is 0. The molecule has 1 atom stereocenters. The van der Waals surface area contributed by atoms with Crippen LogP contribution in [0.3, 0.4) is 0 Å². The Morgan fingerprint density at radius 3 is 2.94 bits per heavy atom. The third-order valence-corrected chi connectivity index (χ3v) is 3.16. The number of hydrogen-bond acceptors (Lipinski definition) is 5. The lowest BCUT2D eigenvalue weighted by molar-refractivity contribution is 0.521. The Balaban J connectivity index is 2.09. The van der Waals surface area contributed by atoms with E-state index < -0.39 is 0 Å². The van der Waals surface area contributed by atoms with Crippen LogP contribution in [0.5, 0.6) is 0 Å². The van der Waals surface area contributed by atoms with Crippen LogP contribution in [0.15, 0.2) is 28.7 Å². The standard InChI is InChI=1S/C12H14N4O/c1-8-6-7-9-4-2-3-5-10(9)16(8)12-15-14-11(13)17-12/h2-5,8H,6-7H2,1H3,(H2,13,14). The molecule has 0 saturated heterocycles. The van der Waals surface area contributed by atoms with Gasteiger partial charge in [-0.25, -0.2) is 0 Å². The van der Waals surface area contributed by atoms with Crippen molar-refractivity contribution in [1.29, 1.82) is 0 Å². The zero-order chi connectivity index (χ0) is 11.8. The lowest BCUT2D eigenvalue weighted by Gasteiger charge is -2.33. The first-order valence-corrected chi connectivity index (χ1v) is 5.72. The fourth-order valence-electron chi connectivity index (χ4n) is 2.30. The maximum Gasteiger partial charge on any atom is 0.324 e. The predicted octanol–water partition coefficient (Wildman–Crippen LogP) is 2.12. The molecule has 88 valence electrons. The van der Waals surface area contributed by atoms with E-state index in [1.807, 2.05) is 6.07 Å². The highest BCUT2D eigenvalue weighted by Crippen LogP contribution is 2.35. The van der Waals surface area contributed by atoms with Crippen LogP contribution in [0.4, 0.5) is 17.7 Å². The minimum Gasteiger partial charge on any atom is -0.389 e. The quantitative estimate of drug-likeness (QED) is 0.812. The summed E-state index contributed by atoms with van der Waals surface area (Å²) < 4.78 is 5.33. The van der Waals surface area contributed by atoms with Crippen molar-refractivity contribution in [3.05, 3.63) is 29.8 Å². The largest absolute Gasteiger partial charge is 0.389 e. The van der Waals surface area contributed by atoms with Crippen LogP contribution in [0, 0.1) is 0 Å². The van der Waals surface area contributed by atoms with Gasteiger partial charge in [0, 0.05) is 11.7 Å². The van der Waals surface area contributed by atoms with Crippen LogP contribution in [0.2, 0.25) is 0 Å². The molecule has 0 amide bonds. The molecule has 0 radical (unpaired) electrons. The molecule has 0 fully saturated rings. The molecule has 1 aliphatic heterocycles. The second-order valence-corrected chi connectivity index (χ2v) is 4.31. The molecule has 0 bridgehead atoms. The van der Waals surface area contributed by atoms with Crippen molar-refractivity contribution in [2.24, 2.45) is 0 Å². The molecule has 5 nitrogen and oxygen atoms in total. The number of fused-ring (bicyclic) bond motifs is 1. The summed E-state index contributed by atoms with van der Waals surface area (Å²) in [5.41, 5.74) is 7.93. The molecule has 1 aromatic heterocycles. The van der Waals surface area contributed by atoms with Crippen LogP contribution in [0.1, 0.15) is 18.9 Å². The van der Waals surface area contributed by atoms with Crippen LogP contribution in [-0.2, 0) is 6.42 Å². The van der Waals surface area contributed by atoms with Crippen molar-refractivity contribution in [3.8, 4) is 0 Å². The zero-order valence-corrected chi connectivity index (χ0v) is 9.63. The van der Waals surface area contributed by atoms with Crippen molar-refractivity contribution >= 4 is 17.7 Å². The lowest BCUT2D eigenvalue weighted by atomic mass is 9.97. The van der Waals surface area contributed by atoms with E-state index in [2.05, 4.69) is 40.2 Å². The molecule has 17 heavy (non-hydrogen) atoms. The number of nitrogens with zero attached hydrogens (tertiary/aromatic N) is 3. The topological polar surface area (TPSA) is 68.2 Å². The van der Waals surface area contributed by atoms with Crippen molar-refractivity contribution in [2.75, 3.05) is 10.6 Å². The summed E-state index contributed by atoms with van der Waals surface area (Å²) in [4.78, 5) is 2.06. The summed E-state index contributed by atoms with van der Waals surface area (Å²) in [7, 11) is 0. The van der Waals surface area contributed by atoms with E-state index in [1.54, 1.807) is 0 Å². The summed E-state index contributed by atoms with van der Waals surface area (Å²) in [6, 6.07) is 9.19. The van der Waals surface area contributed by atoms with Gasteiger partial charge in [-0.2, -0.15) is 0 Å². The van der Waals surface area contributed by atoms with Gasteiger partial charge >= 0.3 is 12.0 Å². The molecule has 2 heterocycles. The van der Waals surface area contributed by atoms with Crippen LogP contribution in [-0.4, -0.2) is 16.2 Å². The molecule has 2 aromatic rings. The Labute approximate surface area is 99.2 Å². The van der Waals surface area contributed by atoms with E-state index >= 15 is 0 Å². The van der Waals surface area contributed by atoms with Crippen molar-refractivity contribution in [2.45, 2.75) is 25.8 Å². The minimum atomic E-state index is 0.107. The summed E-state index contributed by atoms with van der Waals surface area (Å²) in [6.07, 6.45) is 2.15. The molecule has 0 aliphatic carbocycles. The van der Waals surface area contributed by atoms with E-state index in [9.17, 15) is 0 Å². The maximum absolute atomic E-state index is 5.48. The van der Waals surface area contributed by atoms with Crippen LogP contribution >= 0.6 is 0 Å². The molecule has 1 unspecified atom stereocenters. The summed E-state index contributed by atoms with van der Waals surface area (Å²) in [5.74, 6) is 0. The highest BCUT2D eigenvalue weighted by molar-refractivity contribution is 5.63. The molecule has 3 rings (SSSR count). The van der Waals surface area contributed by atoms with Gasteiger partial charge in [0.2, 0.25) is 0 Å². The number of aromatic nitrogens is 2. The fraction of sp³-hybridized carbons (Fsp3) is 0.333. The van der Waals surface area contributed by atoms with E-state index in [0.717, 1.165) is 18.5 Å². The Kier molecular flexibility index (Phi) is 2.24. The van der Waals surface area contributed by atoms with Gasteiger partial charge in [0.1, 0.15) is 0 Å². The van der Waals surface area contributed by atoms with Crippen LogP contribution < -0.4 is 10.6 Å². The number of aryl methyl sites for hydroxylation is 1. The molecular weight excluding hydrogens is 216 g/mol. The van der Waals surface area contributed by atoms with Gasteiger partial charge in [0.15, 0.2) is 0 Å².